The number of aromatic nitrogens is 2. The molecule has 244 valence electrons. The normalized spacial score (nSPS) is 12.0. The Balaban J connectivity index is 1.31. The molecule has 0 aliphatic carbocycles. The number of benzene rings is 4. The molecule has 47 heavy (non-hydrogen) atoms. The molecule has 0 aliphatic rings. The van der Waals surface area contributed by atoms with E-state index in [2.05, 4.69) is 14.8 Å². The lowest BCUT2D eigenvalue weighted by Crippen LogP contribution is -2.23. The van der Waals surface area contributed by atoms with E-state index in [1.54, 1.807) is 44.3 Å². The zero-order valence-corrected chi connectivity index (χ0v) is 26.2. The highest BCUT2D eigenvalue weighted by atomic mass is 32.2. The first kappa shape index (κ1) is 33.0. The minimum atomic E-state index is -4.66. The van der Waals surface area contributed by atoms with E-state index in [1.165, 1.54) is 45.8 Å². The number of sulfonamides is 2. The number of hydrogen-bond acceptors (Lipinski definition) is 6. The Labute approximate surface area is 267 Å². The number of anilines is 3. The molecular weight excluding hydrogens is 659 g/mol. The predicted molar refractivity (Wildman–Crippen MR) is 170 cm³/mol. The van der Waals surface area contributed by atoms with Crippen molar-refractivity contribution in [3.05, 3.63) is 130 Å². The van der Waals surface area contributed by atoms with E-state index in [-0.39, 0.29) is 32.4 Å². The number of halogens is 3. The molecule has 3 N–H and O–H groups in total. The highest BCUT2D eigenvalue weighted by molar-refractivity contribution is 7.93. The average molecular weight is 686 g/mol. The molecule has 1 heterocycles. The molecular formula is C31H26F3N5O6S2. The molecule has 11 nitrogen and oxygen atoms in total. The maximum atomic E-state index is 13.3. The lowest BCUT2D eigenvalue weighted by molar-refractivity contribution is -0.137. The van der Waals surface area contributed by atoms with E-state index in [0.717, 1.165) is 30.3 Å². The van der Waals surface area contributed by atoms with E-state index >= 15 is 0 Å². The van der Waals surface area contributed by atoms with Gasteiger partial charge < -0.3 is 5.32 Å². The quantitative estimate of drug-likeness (QED) is 0.190. The van der Waals surface area contributed by atoms with Gasteiger partial charge in [0.25, 0.3) is 31.5 Å². The lowest BCUT2D eigenvalue weighted by atomic mass is 10.2. The maximum absolute atomic E-state index is 13.3. The van der Waals surface area contributed by atoms with Crippen LogP contribution in [0, 0.1) is 6.92 Å². The topological polar surface area (TPSA) is 148 Å². The van der Waals surface area contributed by atoms with Crippen LogP contribution in [0.2, 0.25) is 0 Å². The summed E-state index contributed by atoms with van der Waals surface area (Å²) in [5.74, 6) is -0.720. The molecule has 0 bridgehead atoms. The number of amides is 1. The Morgan fingerprint density at radius 3 is 2.02 bits per heavy atom. The summed E-state index contributed by atoms with van der Waals surface area (Å²) >= 11 is 0. The number of rotatable bonds is 9. The van der Waals surface area contributed by atoms with E-state index in [9.17, 15) is 39.6 Å². The average Bonchev–Trinajstić information content (AvgIpc) is 3.23. The molecule has 16 heteroatoms. The van der Waals surface area contributed by atoms with Gasteiger partial charge in [0.1, 0.15) is 5.69 Å². The Morgan fingerprint density at radius 1 is 0.723 bits per heavy atom. The van der Waals surface area contributed by atoms with Crippen molar-refractivity contribution in [2.75, 3.05) is 14.8 Å². The number of nitrogens with one attached hydrogen (secondary N) is 3. The summed E-state index contributed by atoms with van der Waals surface area (Å²) in [4.78, 5) is 25.6. The molecule has 0 spiro atoms. The van der Waals surface area contributed by atoms with Crippen molar-refractivity contribution in [3.63, 3.8) is 0 Å². The number of para-hydroxylation sites is 1. The van der Waals surface area contributed by atoms with Crippen LogP contribution in [-0.4, -0.2) is 32.1 Å². The summed E-state index contributed by atoms with van der Waals surface area (Å²) < 4.78 is 98.4. The number of hydrogen-bond donors (Lipinski definition) is 3. The van der Waals surface area contributed by atoms with Crippen molar-refractivity contribution >= 4 is 43.0 Å². The van der Waals surface area contributed by atoms with Gasteiger partial charge in [-0.05, 0) is 79.7 Å². The standard InChI is InChI=1S/C31H26F3N5O6S2/c1-20-28(30(41)39(38(20)2)25-11-4-3-5-12-25)37-47(44,45)27-13-6-8-21(18-27)29(40)35-23-14-16-26(17-15-23)46(42,43)36-24-10-7-9-22(19-24)31(32,33)34/h3-19,36-37H,1-2H3,(H,35,40). The summed E-state index contributed by atoms with van der Waals surface area (Å²) in [6, 6.07) is 22.3. The Morgan fingerprint density at radius 2 is 1.36 bits per heavy atom. The highest BCUT2D eigenvalue weighted by Crippen LogP contribution is 2.31. The largest absolute Gasteiger partial charge is 0.416 e. The number of alkyl halides is 3. The Hall–Kier alpha value is -5.35. The van der Waals surface area contributed by atoms with E-state index in [0.29, 0.717) is 17.4 Å². The Bertz CT molecular complexity index is 2250. The van der Waals surface area contributed by atoms with Crippen molar-refractivity contribution in [2.24, 2.45) is 7.05 Å². The molecule has 0 radical (unpaired) electrons. The number of carbonyl (C=O) groups excluding carboxylic acids is 1. The predicted octanol–water partition coefficient (Wildman–Crippen LogP) is 5.36. The fourth-order valence-corrected chi connectivity index (χ4v) is 6.79. The summed E-state index contributed by atoms with van der Waals surface area (Å²) in [6.07, 6.45) is -4.66. The van der Waals surface area contributed by atoms with E-state index in [4.69, 9.17) is 0 Å². The van der Waals surface area contributed by atoms with Crippen LogP contribution < -0.4 is 20.3 Å². The fourth-order valence-electron chi connectivity index (χ4n) is 4.58. The van der Waals surface area contributed by atoms with Crippen LogP contribution in [0.15, 0.2) is 118 Å². The number of carbonyl (C=O) groups is 1. The molecule has 1 aromatic heterocycles. The molecule has 1 amide bonds. The van der Waals surface area contributed by atoms with Gasteiger partial charge in [-0.3, -0.25) is 23.7 Å². The molecule has 5 rings (SSSR count). The van der Waals surface area contributed by atoms with Crippen LogP contribution in [0.1, 0.15) is 21.6 Å². The summed E-state index contributed by atoms with van der Waals surface area (Å²) in [5, 5.41) is 2.54. The van der Waals surface area contributed by atoms with E-state index < -0.39 is 43.3 Å². The van der Waals surface area contributed by atoms with Crippen LogP contribution in [0.5, 0.6) is 0 Å². The SMILES string of the molecule is Cc1c(NS(=O)(=O)c2cccc(C(=O)Nc3ccc(S(=O)(=O)Nc4cccc(C(F)(F)F)c4)cc3)c2)c(=O)n(-c2ccccc2)n1C. The molecule has 5 aromatic rings. The summed E-state index contributed by atoms with van der Waals surface area (Å²) in [5.41, 5.74) is -1.08. The molecule has 4 aromatic carbocycles. The van der Waals surface area contributed by atoms with Gasteiger partial charge in [-0.2, -0.15) is 13.2 Å². The summed E-state index contributed by atoms with van der Waals surface area (Å²) in [6.45, 7) is 1.58. The van der Waals surface area contributed by atoms with Gasteiger partial charge in [-0.15, -0.1) is 0 Å². The molecule has 0 fully saturated rings. The van der Waals surface area contributed by atoms with Crippen molar-refractivity contribution in [1.82, 2.24) is 9.36 Å². The second-order valence-electron chi connectivity index (χ2n) is 10.2. The van der Waals surface area contributed by atoms with Gasteiger partial charge in [0.05, 0.1) is 26.7 Å². The first-order chi connectivity index (χ1) is 22.1. The lowest BCUT2D eigenvalue weighted by Gasteiger charge is -2.12. The third kappa shape index (κ3) is 7.07. The van der Waals surface area contributed by atoms with Crippen LogP contribution in [0.4, 0.5) is 30.2 Å². The zero-order valence-electron chi connectivity index (χ0n) is 24.6. The minimum Gasteiger partial charge on any atom is -0.322 e. The Kier molecular flexibility index (Phi) is 8.75. The number of nitrogens with zero attached hydrogens (tertiary/aromatic N) is 2. The zero-order chi connectivity index (χ0) is 34.1. The first-order valence-electron chi connectivity index (χ1n) is 13.7. The second-order valence-corrected chi connectivity index (χ2v) is 13.6. The third-order valence-corrected chi connectivity index (χ3v) is 9.81. The third-order valence-electron chi connectivity index (χ3n) is 7.06. The first-order valence-corrected chi connectivity index (χ1v) is 16.6. The molecule has 0 saturated carbocycles. The van der Waals surface area contributed by atoms with Crippen molar-refractivity contribution in [3.8, 4) is 5.69 Å². The van der Waals surface area contributed by atoms with Gasteiger partial charge in [0, 0.05) is 24.0 Å². The van der Waals surface area contributed by atoms with Gasteiger partial charge in [-0.25, -0.2) is 21.5 Å². The van der Waals surface area contributed by atoms with Crippen LogP contribution in [0.25, 0.3) is 5.69 Å². The van der Waals surface area contributed by atoms with Gasteiger partial charge in [0.2, 0.25) is 0 Å². The minimum absolute atomic E-state index is 0.0535. The highest BCUT2D eigenvalue weighted by Gasteiger charge is 2.31. The van der Waals surface area contributed by atoms with Gasteiger partial charge in [-0.1, -0.05) is 30.3 Å². The van der Waals surface area contributed by atoms with Gasteiger partial charge in [0.15, 0.2) is 0 Å². The van der Waals surface area contributed by atoms with E-state index in [1.807, 2.05) is 0 Å². The second kappa shape index (κ2) is 12.4. The molecule has 0 atom stereocenters. The molecule has 0 unspecified atom stereocenters. The maximum Gasteiger partial charge on any atom is 0.416 e. The fraction of sp³-hybridized carbons (Fsp3) is 0.0968. The summed E-state index contributed by atoms with van der Waals surface area (Å²) in [7, 11) is -6.99. The smallest absolute Gasteiger partial charge is 0.322 e. The van der Waals surface area contributed by atoms with Crippen LogP contribution in [0.3, 0.4) is 0 Å². The van der Waals surface area contributed by atoms with Crippen molar-refractivity contribution < 1.29 is 34.8 Å². The van der Waals surface area contributed by atoms with Crippen LogP contribution in [-0.2, 0) is 33.3 Å². The van der Waals surface area contributed by atoms with Crippen LogP contribution >= 0.6 is 0 Å². The van der Waals surface area contributed by atoms with Gasteiger partial charge >= 0.3 is 6.18 Å². The van der Waals surface area contributed by atoms with Crippen molar-refractivity contribution in [2.45, 2.75) is 22.9 Å². The van der Waals surface area contributed by atoms with Crippen molar-refractivity contribution in [1.29, 1.82) is 0 Å². The molecule has 0 aliphatic heterocycles. The monoisotopic (exact) mass is 685 g/mol. The molecule has 0 saturated heterocycles.